The Balaban J connectivity index is 1.63. The summed E-state index contributed by atoms with van der Waals surface area (Å²) in [6.45, 7) is 4.93. The number of phenols is 1. The first-order valence-electron chi connectivity index (χ1n) is 12.0. The van der Waals surface area contributed by atoms with Crippen LogP contribution in [0, 0.1) is 6.92 Å². The second-order valence-corrected chi connectivity index (χ2v) is 8.91. The predicted octanol–water partition coefficient (Wildman–Crippen LogP) is 5.62. The lowest BCUT2D eigenvalue weighted by Crippen LogP contribution is -2.29. The van der Waals surface area contributed by atoms with Crippen LogP contribution in [0.1, 0.15) is 58.7 Å². The minimum Gasteiger partial charge on any atom is -0.507 e. The van der Waals surface area contributed by atoms with E-state index in [0.29, 0.717) is 46.4 Å². The van der Waals surface area contributed by atoms with Gasteiger partial charge in [0.1, 0.15) is 22.9 Å². The molecular formula is C28H29N3O5. The van der Waals surface area contributed by atoms with Crippen LogP contribution in [-0.4, -0.2) is 39.8 Å². The lowest BCUT2D eigenvalue weighted by atomic mass is 9.94. The molecule has 4 aromatic rings. The second kappa shape index (κ2) is 9.81. The highest BCUT2D eigenvalue weighted by atomic mass is 16.5. The Labute approximate surface area is 209 Å². The summed E-state index contributed by atoms with van der Waals surface area (Å²) in [4.78, 5) is 15.3. The van der Waals surface area contributed by atoms with Crippen molar-refractivity contribution < 1.29 is 23.8 Å². The van der Waals surface area contributed by atoms with Gasteiger partial charge in [0, 0.05) is 11.1 Å². The number of furan rings is 1. The number of aromatic nitrogens is 2. The van der Waals surface area contributed by atoms with Gasteiger partial charge in [-0.05, 0) is 55.3 Å². The van der Waals surface area contributed by atoms with Gasteiger partial charge in [-0.3, -0.25) is 9.89 Å². The fraction of sp³-hybridized carbons (Fsp3) is 0.286. The summed E-state index contributed by atoms with van der Waals surface area (Å²) in [5.41, 5.74) is 4.01. The Morgan fingerprint density at radius 3 is 2.78 bits per heavy atom. The van der Waals surface area contributed by atoms with Crippen LogP contribution in [0.2, 0.25) is 0 Å². The number of unbranched alkanes of at least 4 members (excludes halogenated alkanes) is 1. The molecule has 0 aliphatic carbocycles. The van der Waals surface area contributed by atoms with E-state index in [2.05, 4.69) is 17.1 Å². The molecule has 186 valence electrons. The summed E-state index contributed by atoms with van der Waals surface area (Å²) in [7, 11) is 1.60. The minimum atomic E-state index is -0.482. The maximum atomic E-state index is 13.6. The summed E-state index contributed by atoms with van der Waals surface area (Å²) >= 11 is 0. The SMILES string of the molecule is CCCCOc1ccc([C@@H]2c3c(-c4cc(C)ccc4O)n[nH]c3C(=O)N2Cc2ccco2)cc1OC. The number of aromatic amines is 1. The number of hydrogen-bond donors (Lipinski definition) is 2. The number of fused-ring (bicyclic) bond motifs is 1. The van der Waals surface area contributed by atoms with Gasteiger partial charge in [-0.2, -0.15) is 5.10 Å². The van der Waals surface area contributed by atoms with Crippen LogP contribution in [0.15, 0.2) is 59.2 Å². The molecule has 2 aromatic heterocycles. The van der Waals surface area contributed by atoms with Gasteiger partial charge in [0.05, 0.1) is 32.6 Å². The van der Waals surface area contributed by atoms with E-state index < -0.39 is 6.04 Å². The molecule has 0 radical (unpaired) electrons. The third-order valence-electron chi connectivity index (χ3n) is 6.44. The van der Waals surface area contributed by atoms with Crippen LogP contribution < -0.4 is 9.47 Å². The summed E-state index contributed by atoms with van der Waals surface area (Å²) in [5.74, 6) is 1.81. The lowest BCUT2D eigenvalue weighted by molar-refractivity contribution is 0.0716. The topological polar surface area (TPSA) is 101 Å². The van der Waals surface area contributed by atoms with Gasteiger partial charge in [0.2, 0.25) is 0 Å². The number of amides is 1. The summed E-state index contributed by atoms with van der Waals surface area (Å²) in [5, 5.41) is 18.0. The number of aromatic hydroxyl groups is 1. The van der Waals surface area contributed by atoms with E-state index in [0.717, 1.165) is 24.0 Å². The average Bonchev–Trinajstić information content (AvgIpc) is 3.61. The maximum absolute atomic E-state index is 13.6. The molecule has 1 aliphatic heterocycles. The van der Waals surface area contributed by atoms with E-state index >= 15 is 0 Å². The fourth-order valence-corrected chi connectivity index (χ4v) is 4.62. The van der Waals surface area contributed by atoms with Crippen LogP contribution >= 0.6 is 0 Å². The lowest BCUT2D eigenvalue weighted by Gasteiger charge is -2.26. The number of nitrogens with zero attached hydrogens (tertiary/aromatic N) is 2. The monoisotopic (exact) mass is 487 g/mol. The number of benzene rings is 2. The zero-order valence-electron chi connectivity index (χ0n) is 20.6. The van der Waals surface area contributed by atoms with Gasteiger partial charge in [0.15, 0.2) is 11.5 Å². The third-order valence-corrected chi connectivity index (χ3v) is 6.44. The zero-order chi connectivity index (χ0) is 25.2. The van der Waals surface area contributed by atoms with E-state index in [1.165, 1.54) is 0 Å². The maximum Gasteiger partial charge on any atom is 0.273 e. The Hall–Kier alpha value is -4.20. The predicted molar refractivity (Wildman–Crippen MR) is 134 cm³/mol. The van der Waals surface area contributed by atoms with E-state index in [9.17, 15) is 9.90 Å². The minimum absolute atomic E-state index is 0.0998. The van der Waals surface area contributed by atoms with Crippen LogP contribution in [0.5, 0.6) is 17.2 Å². The number of hydrogen-bond acceptors (Lipinski definition) is 6. The highest BCUT2D eigenvalue weighted by molar-refractivity contribution is 6.00. The van der Waals surface area contributed by atoms with Gasteiger partial charge >= 0.3 is 0 Å². The average molecular weight is 488 g/mol. The van der Waals surface area contributed by atoms with E-state index in [1.54, 1.807) is 30.4 Å². The summed E-state index contributed by atoms with van der Waals surface area (Å²) in [6, 6.07) is 14.2. The van der Waals surface area contributed by atoms with Crippen molar-refractivity contribution in [2.45, 2.75) is 39.3 Å². The molecule has 0 saturated carbocycles. The Kier molecular flexibility index (Phi) is 6.41. The molecule has 8 nitrogen and oxygen atoms in total. The van der Waals surface area contributed by atoms with Crippen molar-refractivity contribution in [2.24, 2.45) is 0 Å². The number of phenolic OH excluding ortho intramolecular Hbond substituents is 1. The van der Waals surface area contributed by atoms with E-state index in [-0.39, 0.29) is 18.2 Å². The van der Waals surface area contributed by atoms with Crippen molar-refractivity contribution in [3.8, 4) is 28.5 Å². The molecular weight excluding hydrogens is 458 g/mol. The first-order valence-corrected chi connectivity index (χ1v) is 12.0. The number of nitrogens with one attached hydrogen (secondary N) is 1. The van der Waals surface area contributed by atoms with Gasteiger partial charge in [-0.25, -0.2) is 0 Å². The standard InChI is InChI=1S/C28H29N3O5/c1-4-5-12-36-22-11-9-18(15-23(22)34-3)27-24-25(20-14-17(2)8-10-21(20)32)29-30-26(24)28(33)31(27)16-19-7-6-13-35-19/h6-11,13-15,27,32H,4-5,12,16H2,1-3H3,(H,29,30)/t27-/m1/s1. The number of methoxy groups -OCH3 is 1. The molecule has 8 heteroatoms. The molecule has 0 unspecified atom stereocenters. The van der Waals surface area contributed by atoms with Crippen molar-refractivity contribution in [1.82, 2.24) is 15.1 Å². The largest absolute Gasteiger partial charge is 0.507 e. The smallest absolute Gasteiger partial charge is 0.273 e. The number of H-pyrrole nitrogens is 1. The van der Waals surface area contributed by atoms with Gasteiger partial charge in [-0.1, -0.05) is 31.0 Å². The van der Waals surface area contributed by atoms with Crippen molar-refractivity contribution in [3.05, 3.63) is 82.9 Å². The fourth-order valence-electron chi connectivity index (χ4n) is 4.62. The van der Waals surface area contributed by atoms with E-state index in [1.807, 2.05) is 43.3 Å². The summed E-state index contributed by atoms with van der Waals surface area (Å²) < 4.78 is 17.1. The van der Waals surface area contributed by atoms with Gasteiger partial charge in [0.25, 0.3) is 5.91 Å². The number of rotatable bonds is 9. The molecule has 0 spiro atoms. The number of carbonyl (C=O) groups is 1. The zero-order valence-corrected chi connectivity index (χ0v) is 20.6. The Morgan fingerprint density at radius 2 is 2.03 bits per heavy atom. The van der Waals surface area contributed by atoms with Crippen LogP contribution in [0.3, 0.4) is 0 Å². The van der Waals surface area contributed by atoms with E-state index in [4.69, 9.17) is 13.9 Å². The van der Waals surface area contributed by atoms with Crippen molar-refractivity contribution >= 4 is 5.91 Å². The number of aryl methyl sites for hydroxylation is 1. The molecule has 2 aromatic carbocycles. The third kappa shape index (κ3) is 4.19. The first-order chi connectivity index (χ1) is 17.5. The van der Waals surface area contributed by atoms with Crippen molar-refractivity contribution in [2.75, 3.05) is 13.7 Å². The van der Waals surface area contributed by atoms with Crippen LogP contribution in [0.25, 0.3) is 11.3 Å². The number of ether oxygens (including phenoxy) is 2. The molecule has 36 heavy (non-hydrogen) atoms. The molecule has 3 heterocycles. The molecule has 1 atom stereocenters. The van der Waals surface area contributed by atoms with Gasteiger partial charge < -0.3 is 23.9 Å². The quantitative estimate of drug-likeness (QED) is 0.297. The Morgan fingerprint density at radius 1 is 1.17 bits per heavy atom. The summed E-state index contributed by atoms with van der Waals surface area (Å²) in [6.07, 6.45) is 3.57. The molecule has 1 aliphatic rings. The Bertz CT molecular complexity index is 1380. The number of carbonyl (C=O) groups excluding carboxylic acids is 1. The first kappa shape index (κ1) is 23.5. The van der Waals surface area contributed by atoms with Crippen molar-refractivity contribution in [3.63, 3.8) is 0 Å². The van der Waals surface area contributed by atoms with Crippen molar-refractivity contribution in [1.29, 1.82) is 0 Å². The van der Waals surface area contributed by atoms with Crippen LogP contribution in [-0.2, 0) is 6.54 Å². The molecule has 0 saturated heterocycles. The molecule has 5 rings (SSSR count). The molecule has 0 bridgehead atoms. The molecule has 1 amide bonds. The second-order valence-electron chi connectivity index (χ2n) is 8.91. The normalized spacial score (nSPS) is 14.8. The highest BCUT2D eigenvalue weighted by Crippen LogP contribution is 2.46. The van der Waals surface area contributed by atoms with Crippen LogP contribution in [0.4, 0.5) is 0 Å². The molecule has 0 fully saturated rings. The van der Waals surface area contributed by atoms with Gasteiger partial charge in [-0.15, -0.1) is 0 Å². The molecule has 2 N–H and O–H groups in total. The highest BCUT2D eigenvalue weighted by Gasteiger charge is 2.43.